The van der Waals surface area contributed by atoms with E-state index >= 15 is 0 Å². The van der Waals surface area contributed by atoms with Crippen LogP contribution in [-0.2, 0) is 11.2 Å². The molecule has 0 saturated heterocycles. The molecule has 4 N–H and O–H groups in total. The second kappa shape index (κ2) is 17.7. The summed E-state index contributed by atoms with van der Waals surface area (Å²) in [7, 11) is 0. The summed E-state index contributed by atoms with van der Waals surface area (Å²) in [6.07, 6.45) is 20.2. The van der Waals surface area contributed by atoms with Crippen LogP contribution in [0.25, 0.3) is 0 Å². The number of carboxylic acid groups (broad SMARTS) is 1. The quantitative estimate of drug-likeness (QED) is 0.184. The molecular weight excluding hydrogens is 446 g/mol. The molecule has 36 heavy (non-hydrogen) atoms. The fraction of sp³-hybridized carbons (Fsp3) is 0.719. The van der Waals surface area contributed by atoms with E-state index in [0.717, 1.165) is 50.9 Å². The second-order valence-electron chi connectivity index (χ2n) is 11.3. The van der Waals surface area contributed by atoms with Crippen LogP contribution in [-0.4, -0.2) is 28.8 Å². The van der Waals surface area contributed by atoms with E-state index in [2.05, 4.69) is 31.2 Å². The van der Waals surface area contributed by atoms with Crippen molar-refractivity contribution in [3.05, 3.63) is 48.0 Å². The Morgan fingerprint density at radius 2 is 1.78 bits per heavy atom. The number of benzene rings is 1. The summed E-state index contributed by atoms with van der Waals surface area (Å²) in [5.41, 5.74) is 7.24. The van der Waals surface area contributed by atoms with Crippen molar-refractivity contribution in [2.75, 3.05) is 6.54 Å². The summed E-state index contributed by atoms with van der Waals surface area (Å²) < 4.78 is 0. The van der Waals surface area contributed by atoms with Crippen molar-refractivity contribution in [2.45, 2.75) is 110 Å². The molecule has 1 fully saturated rings. The minimum absolute atomic E-state index is 0.0882. The number of aliphatic carboxylic acids is 1. The zero-order valence-corrected chi connectivity index (χ0v) is 23.0. The molecule has 0 unspecified atom stereocenters. The van der Waals surface area contributed by atoms with Crippen LogP contribution in [0.3, 0.4) is 0 Å². The number of hydrogen-bond acceptors (Lipinski definition) is 3. The van der Waals surface area contributed by atoms with Gasteiger partial charge in [0.1, 0.15) is 0 Å². The Kier molecular flexibility index (Phi) is 15.1. The number of carboxylic acids is 1. The molecule has 1 aliphatic carbocycles. The van der Waals surface area contributed by atoms with Gasteiger partial charge in [-0.3, -0.25) is 4.79 Å². The van der Waals surface area contributed by atoms with Crippen molar-refractivity contribution < 1.29 is 15.0 Å². The molecular formula is C32H53NO3. The minimum Gasteiger partial charge on any atom is -0.481 e. The molecule has 0 heterocycles. The van der Waals surface area contributed by atoms with Crippen LogP contribution in [0.4, 0.5) is 0 Å². The van der Waals surface area contributed by atoms with Gasteiger partial charge in [-0.1, -0.05) is 87.9 Å². The van der Waals surface area contributed by atoms with Gasteiger partial charge in [-0.25, -0.2) is 0 Å². The maximum absolute atomic E-state index is 12.2. The number of aliphatic hydroxyl groups excluding tert-OH is 1. The Labute approximate surface area is 220 Å². The van der Waals surface area contributed by atoms with Crippen molar-refractivity contribution in [3.8, 4) is 0 Å². The van der Waals surface area contributed by atoms with Gasteiger partial charge in [0.15, 0.2) is 0 Å². The number of hydrogen-bond donors (Lipinski definition) is 3. The average molecular weight is 500 g/mol. The Morgan fingerprint density at radius 3 is 2.39 bits per heavy atom. The van der Waals surface area contributed by atoms with Crippen LogP contribution < -0.4 is 5.73 Å². The highest BCUT2D eigenvalue weighted by atomic mass is 16.4. The highest BCUT2D eigenvalue weighted by Gasteiger charge is 2.36. The molecule has 1 saturated carbocycles. The van der Waals surface area contributed by atoms with Crippen molar-refractivity contribution in [1.82, 2.24) is 0 Å². The standard InChI is InChI=1S/C32H53NO3/c1-3-26(13-7-4-8-14-27-15-9-5-10-16-27)19-21-29(23-24-33)30(31(25(2)34)32(35)36)22-20-28-17-11-6-12-18-28/h4,6-7,11-12,17-18,25-27,29-31,34H,3,5,8-10,13-16,19-24,33H2,1-2H3,(H,35,36)/b7-4-/t25-,26-,29+,30-,31+/m0/s1. The van der Waals surface area contributed by atoms with Crippen LogP contribution in [0.2, 0.25) is 0 Å². The molecule has 0 bridgehead atoms. The van der Waals surface area contributed by atoms with E-state index in [4.69, 9.17) is 5.73 Å². The van der Waals surface area contributed by atoms with Crippen molar-refractivity contribution in [2.24, 2.45) is 35.3 Å². The molecule has 4 heteroatoms. The molecule has 4 nitrogen and oxygen atoms in total. The zero-order valence-electron chi connectivity index (χ0n) is 23.0. The molecule has 1 aromatic carbocycles. The summed E-state index contributed by atoms with van der Waals surface area (Å²) in [5, 5.41) is 20.4. The minimum atomic E-state index is -0.891. The van der Waals surface area contributed by atoms with E-state index in [-0.39, 0.29) is 11.8 Å². The fourth-order valence-corrected chi connectivity index (χ4v) is 6.37. The van der Waals surface area contributed by atoms with Crippen LogP contribution in [0, 0.1) is 29.6 Å². The number of allylic oxidation sites excluding steroid dienone is 2. The van der Waals surface area contributed by atoms with E-state index < -0.39 is 18.0 Å². The molecule has 5 atom stereocenters. The Bertz CT molecular complexity index is 726. The number of rotatable bonds is 18. The SMILES string of the molecule is CC[C@@H](C/C=C\CCC1CCCCC1)CC[C@H](CCN)[C@H](CCc1ccccc1)[C@H](C(=O)O)[C@H](C)O. The lowest BCUT2D eigenvalue weighted by molar-refractivity contribution is -0.149. The summed E-state index contributed by atoms with van der Waals surface area (Å²) in [6, 6.07) is 10.3. The van der Waals surface area contributed by atoms with Gasteiger partial charge in [0.25, 0.3) is 0 Å². The highest BCUT2D eigenvalue weighted by molar-refractivity contribution is 5.71. The molecule has 1 aliphatic rings. The molecule has 0 amide bonds. The van der Waals surface area contributed by atoms with Gasteiger partial charge >= 0.3 is 5.97 Å². The summed E-state index contributed by atoms with van der Waals surface area (Å²) >= 11 is 0. The van der Waals surface area contributed by atoms with E-state index in [1.54, 1.807) is 6.92 Å². The summed E-state index contributed by atoms with van der Waals surface area (Å²) in [5.74, 6) is 0.0173. The first-order chi connectivity index (χ1) is 17.5. The molecule has 0 radical (unpaired) electrons. The van der Waals surface area contributed by atoms with Gasteiger partial charge in [-0.05, 0) is 94.1 Å². The first-order valence-corrected chi connectivity index (χ1v) is 14.8. The largest absolute Gasteiger partial charge is 0.481 e. The maximum atomic E-state index is 12.2. The third-order valence-electron chi connectivity index (χ3n) is 8.64. The Hall–Kier alpha value is -1.65. The van der Waals surface area contributed by atoms with Crippen molar-refractivity contribution >= 4 is 5.97 Å². The van der Waals surface area contributed by atoms with E-state index in [1.165, 1.54) is 50.5 Å². The third-order valence-corrected chi connectivity index (χ3v) is 8.64. The topological polar surface area (TPSA) is 83.6 Å². The van der Waals surface area contributed by atoms with E-state index in [1.807, 2.05) is 18.2 Å². The average Bonchev–Trinajstić information content (AvgIpc) is 2.88. The predicted molar refractivity (Wildman–Crippen MR) is 151 cm³/mol. The van der Waals surface area contributed by atoms with Crippen LogP contribution in [0.5, 0.6) is 0 Å². The zero-order chi connectivity index (χ0) is 26.2. The lowest BCUT2D eigenvalue weighted by Crippen LogP contribution is -2.38. The number of nitrogens with two attached hydrogens (primary N) is 1. The third kappa shape index (κ3) is 11.2. The van der Waals surface area contributed by atoms with Crippen molar-refractivity contribution in [3.63, 3.8) is 0 Å². The summed E-state index contributed by atoms with van der Waals surface area (Å²) in [6.45, 7) is 4.44. The molecule has 0 aromatic heterocycles. The maximum Gasteiger partial charge on any atom is 0.309 e. The van der Waals surface area contributed by atoms with Gasteiger partial charge in [0, 0.05) is 0 Å². The van der Waals surface area contributed by atoms with Gasteiger partial charge in [-0.15, -0.1) is 0 Å². The normalized spacial score (nSPS) is 19.1. The van der Waals surface area contributed by atoms with Gasteiger partial charge < -0.3 is 15.9 Å². The number of aliphatic hydroxyl groups is 1. The lowest BCUT2D eigenvalue weighted by atomic mass is 9.72. The molecule has 1 aromatic rings. The fourth-order valence-electron chi connectivity index (χ4n) is 6.37. The van der Waals surface area contributed by atoms with Gasteiger partial charge in [0.05, 0.1) is 12.0 Å². The Balaban J connectivity index is 1.96. The first kappa shape index (κ1) is 30.6. The first-order valence-electron chi connectivity index (χ1n) is 14.8. The molecule has 2 rings (SSSR count). The molecule has 0 aliphatic heterocycles. The van der Waals surface area contributed by atoms with Gasteiger partial charge in [-0.2, -0.15) is 0 Å². The Morgan fingerprint density at radius 1 is 1.06 bits per heavy atom. The number of aryl methyl sites for hydroxylation is 1. The predicted octanol–water partition coefficient (Wildman–Crippen LogP) is 7.40. The van der Waals surface area contributed by atoms with Gasteiger partial charge in [0.2, 0.25) is 0 Å². The molecule has 0 spiro atoms. The monoisotopic (exact) mass is 499 g/mol. The number of carbonyl (C=O) groups is 1. The summed E-state index contributed by atoms with van der Waals surface area (Å²) in [4.78, 5) is 12.2. The van der Waals surface area contributed by atoms with E-state index in [0.29, 0.717) is 12.5 Å². The van der Waals surface area contributed by atoms with Crippen LogP contribution >= 0.6 is 0 Å². The molecule has 204 valence electrons. The lowest BCUT2D eigenvalue weighted by Gasteiger charge is -2.34. The van der Waals surface area contributed by atoms with Crippen LogP contribution in [0.15, 0.2) is 42.5 Å². The second-order valence-corrected chi connectivity index (χ2v) is 11.3. The highest BCUT2D eigenvalue weighted by Crippen LogP contribution is 2.36. The van der Waals surface area contributed by atoms with E-state index in [9.17, 15) is 15.0 Å². The smallest absolute Gasteiger partial charge is 0.309 e. The van der Waals surface area contributed by atoms with Crippen molar-refractivity contribution in [1.29, 1.82) is 0 Å². The van der Waals surface area contributed by atoms with Crippen LogP contribution in [0.1, 0.15) is 103 Å².